The molecule has 9 nitrogen and oxygen atoms in total. The molecular formula is C32H44ClN5O4S. The normalized spacial score (nSPS) is 14.7. The van der Waals surface area contributed by atoms with Gasteiger partial charge in [0.25, 0.3) is 0 Å². The number of rotatable bonds is 14. The van der Waals surface area contributed by atoms with Gasteiger partial charge in [-0.1, -0.05) is 30.7 Å². The van der Waals surface area contributed by atoms with Gasteiger partial charge in [-0.25, -0.2) is 13.4 Å². The van der Waals surface area contributed by atoms with Crippen molar-refractivity contribution in [3.63, 3.8) is 0 Å². The molecule has 0 aliphatic carbocycles. The van der Waals surface area contributed by atoms with E-state index in [1.165, 1.54) is 17.3 Å². The number of anilines is 4. The van der Waals surface area contributed by atoms with Crippen molar-refractivity contribution in [2.24, 2.45) is 0 Å². The van der Waals surface area contributed by atoms with Crippen LogP contribution in [0.5, 0.6) is 5.75 Å². The molecule has 0 saturated carbocycles. The van der Waals surface area contributed by atoms with Crippen molar-refractivity contribution < 1.29 is 17.9 Å². The number of ether oxygens (including phenoxy) is 2. The summed E-state index contributed by atoms with van der Waals surface area (Å²) in [6.07, 6.45) is 4.73. The highest BCUT2D eigenvalue weighted by atomic mass is 35.5. The van der Waals surface area contributed by atoms with Crippen LogP contribution < -0.4 is 15.4 Å². The highest BCUT2D eigenvalue weighted by Crippen LogP contribution is 2.38. The Labute approximate surface area is 261 Å². The average Bonchev–Trinajstić information content (AvgIpc) is 2.99. The van der Waals surface area contributed by atoms with Gasteiger partial charge in [-0.15, -0.1) is 0 Å². The number of halogens is 1. The highest BCUT2D eigenvalue weighted by Gasteiger charge is 2.25. The lowest BCUT2D eigenvalue weighted by molar-refractivity contribution is 0.0941. The Hall–Kier alpha value is -2.92. The first-order valence-corrected chi connectivity index (χ1v) is 17.0. The molecule has 0 amide bonds. The van der Waals surface area contributed by atoms with Crippen molar-refractivity contribution in [3.8, 4) is 5.75 Å². The molecule has 0 spiro atoms. The molecule has 2 N–H and O–H groups in total. The number of sulfone groups is 1. The fourth-order valence-electron chi connectivity index (χ4n) is 5.26. The van der Waals surface area contributed by atoms with Crippen LogP contribution in [0, 0.1) is 6.92 Å². The van der Waals surface area contributed by atoms with Gasteiger partial charge in [-0.2, -0.15) is 4.98 Å². The van der Waals surface area contributed by atoms with E-state index in [0.29, 0.717) is 30.0 Å². The van der Waals surface area contributed by atoms with Crippen LogP contribution in [0.2, 0.25) is 5.02 Å². The molecule has 4 rings (SSSR count). The van der Waals surface area contributed by atoms with E-state index in [-0.39, 0.29) is 9.92 Å². The summed E-state index contributed by atoms with van der Waals surface area (Å²) >= 11 is 6.44. The standard InChI is InChI=1S/C32H44ClN5O4S/c1-6-17-41-18-16-38-14-12-24(13-15-38)25-20-29(42-7-2)28(19-23(25)5)36-32-34-21-26(33)31(37-32)35-27-10-8-9-11-30(27)43(39,40)22(3)4/h8-11,19-22,24H,6-7,12-18H2,1-5H3,(H2,34,35,36,37). The Kier molecular flexibility index (Phi) is 11.7. The van der Waals surface area contributed by atoms with Crippen LogP contribution in [0.25, 0.3) is 0 Å². The summed E-state index contributed by atoms with van der Waals surface area (Å²) in [5.74, 6) is 1.80. The van der Waals surface area contributed by atoms with Gasteiger partial charge in [0.1, 0.15) is 10.8 Å². The number of benzene rings is 2. The summed E-state index contributed by atoms with van der Waals surface area (Å²) in [5.41, 5.74) is 3.64. The van der Waals surface area contributed by atoms with Gasteiger partial charge >= 0.3 is 0 Å². The third-order valence-corrected chi connectivity index (χ3v) is 10.1. The molecule has 1 aliphatic heterocycles. The van der Waals surface area contributed by atoms with Crippen LogP contribution in [0.4, 0.5) is 23.1 Å². The second kappa shape index (κ2) is 15.2. The molecule has 2 aromatic carbocycles. The third kappa shape index (κ3) is 8.38. The maximum absolute atomic E-state index is 12.9. The van der Waals surface area contributed by atoms with Gasteiger partial charge in [0.15, 0.2) is 15.7 Å². The van der Waals surface area contributed by atoms with Crippen LogP contribution in [0.1, 0.15) is 64.0 Å². The molecule has 1 fully saturated rings. The van der Waals surface area contributed by atoms with Crippen molar-refractivity contribution in [2.45, 2.75) is 69.9 Å². The van der Waals surface area contributed by atoms with Crippen LogP contribution in [-0.2, 0) is 14.6 Å². The molecule has 11 heteroatoms. The van der Waals surface area contributed by atoms with Crippen LogP contribution in [0.3, 0.4) is 0 Å². The molecule has 3 aromatic rings. The first-order valence-electron chi connectivity index (χ1n) is 15.1. The predicted molar refractivity (Wildman–Crippen MR) is 174 cm³/mol. The minimum absolute atomic E-state index is 0.190. The first kappa shape index (κ1) is 33.0. The van der Waals surface area contributed by atoms with Crippen molar-refractivity contribution in [1.29, 1.82) is 0 Å². The Balaban J connectivity index is 1.52. The zero-order valence-electron chi connectivity index (χ0n) is 25.8. The number of hydrogen-bond acceptors (Lipinski definition) is 9. The largest absolute Gasteiger partial charge is 0.492 e. The molecule has 234 valence electrons. The lowest BCUT2D eigenvalue weighted by Gasteiger charge is -2.33. The Morgan fingerprint density at radius 3 is 2.51 bits per heavy atom. The summed E-state index contributed by atoms with van der Waals surface area (Å²) in [5, 5.41) is 6.10. The van der Waals surface area contributed by atoms with Crippen LogP contribution in [-0.4, -0.2) is 68.0 Å². The van der Waals surface area contributed by atoms with Crippen molar-refractivity contribution >= 4 is 44.6 Å². The lowest BCUT2D eigenvalue weighted by atomic mass is 9.86. The summed E-state index contributed by atoms with van der Waals surface area (Å²) < 4.78 is 37.6. The third-order valence-electron chi connectivity index (χ3n) is 7.65. The molecule has 0 unspecified atom stereocenters. The molecule has 1 aliphatic rings. The maximum atomic E-state index is 12.9. The summed E-state index contributed by atoms with van der Waals surface area (Å²) in [6.45, 7) is 14.8. The average molecular weight is 630 g/mol. The summed E-state index contributed by atoms with van der Waals surface area (Å²) in [4.78, 5) is 11.6. The zero-order valence-corrected chi connectivity index (χ0v) is 27.4. The molecule has 0 bridgehead atoms. The van der Waals surface area contributed by atoms with Crippen molar-refractivity contribution in [1.82, 2.24) is 14.9 Å². The van der Waals surface area contributed by atoms with E-state index in [1.807, 2.05) is 6.92 Å². The van der Waals surface area contributed by atoms with Gasteiger partial charge in [-0.05, 0) is 101 Å². The van der Waals surface area contributed by atoms with Gasteiger partial charge in [-0.3, -0.25) is 0 Å². The van der Waals surface area contributed by atoms with Crippen LogP contribution in [0.15, 0.2) is 47.5 Å². The van der Waals surface area contributed by atoms with Crippen molar-refractivity contribution in [3.05, 3.63) is 58.7 Å². The number of nitrogens with zero attached hydrogens (tertiary/aromatic N) is 3. The zero-order chi connectivity index (χ0) is 31.0. The molecule has 0 atom stereocenters. The number of piperidine rings is 1. The number of aromatic nitrogens is 2. The van der Waals surface area contributed by atoms with Gasteiger partial charge < -0.3 is 25.0 Å². The summed E-state index contributed by atoms with van der Waals surface area (Å²) in [6, 6.07) is 11.0. The van der Waals surface area contributed by atoms with Crippen LogP contribution >= 0.6 is 11.6 Å². The number of hydrogen-bond donors (Lipinski definition) is 2. The molecule has 0 radical (unpaired) electrons. The van der Waals surface area contributed by atoms with E-state index in [1.54, 1.807) is 38.1 Å². The second-order valence-electron chi connectivity index (χ2n) is 11.1. The van der Waals surface area contributed by atoms with E-state index < -0.39 is 15.1 Å². The monoisotopic (exact) mass is 629 g/mol. The summed E-state index contributed by atoms with van der Waals surface area (Å²) in [7, 11) is -3.53. The Morgan fingerprint density at radius 2 is 1.81 bits per heavy atom. The minimum Gasteiger partial charge on any atom is -0.492 e. The van der Waals surface area contributed by atoms with E-state index in [9.17, 15) is 8.42 Å². The van der Waals surface area contributed by atoms with Gasteiger partial charge in [0.2, 0.25) is 5.95 Å². The fourth-order valence-corrected chi connectivity index (χ4v) is 6.60. The molecule has 1 saturated heterocycles. The fraction of sp³-hybridized carbons (Fsp3) is 0.500. The molecule has 43 heavy (non-hydrogen) atoms. The molecule has 1 aromatic heterocycles. The Morgan fingerprint density at radius 1 is 1.07 bits per heavy atom. The minimum atomic E-state index is -3.53. The van der Waals surface area contributed by atoms with Gasteiger partial charge in [0, 0.05) is 13.2 Å². The van der Waals surface area contributed by atoms with E-state index >= 15 is 0 Å². The lowest BCUT2D eigenvalue weighted by Crippen LogP contribution is -2.35. The molecule has 2 heterocycles. The van der Waals surface area contributed by atoms with Gasteiger partial charge in [0.05, 0.1) is 40.9 Å². The maximum Gasteiger partial charge on any atom is 0.229 e. The topological polar surface area (TPSA) is 106 Å². The SMILES string of the molecule is CCCOCCN1CCC(c2cc(OCC)c(Nc3ncc(Cl)c(Nc4ccccc4S(=O)(=O)C(C)C)n3)cc2C)CC1. The number of aryl methyl sites for hydroxylation is 1. The van der Waals surface area contributed by atoms with E-state index in [2.05, 4.69) is 51.5 Å². The Bertz CT molecular complexity index is 1480. The quantitative estimate of drug-likeness (QED) is 0.180. The predicted octanol–water partition coefficient (Wildman–Crippen LogP) is 7.11. The first-order chi connectivity index (χ1) is 20.6. The number of nitrogens with one attached hydrogen (secondary N) is 2. The molecular weight excluding hydrogens is 586 g/mol. The number of likely N-dealkylation sites (tertiary alicyclic amines) is 1. The van der Waals surface area contributed by atoms with E-state index in [4.69, 9.17) is 21.1 Å². The number of para-hydroxylation sites is 1. The smallest absolute Gasteiger partial charge is 0.229 e. The highest BCUT2D eigenvalue weighted by molar-refractivity contribution is 7.92. The second-order valence-corrected chi connectivity index (χ2v) is 14.0. The van der Waals surface area contributed by atoms with Crippen molar-refractivity contribution in [2.75, 3.05) is 50.1 Å². The van der Waals surface area contributed by atoms with E-state index in [0.717, 1.165) is 63.5 Å².